The van der Waals surface area contributed by atoms with Crippen molar-refractivity contribution in [1.29, 1.82) is 0 Å². The molecule has 0 spiro atoms. The number of amides is 3. The molecule has 0 saturated carbocycles. The number of hydroxylamine groups is 2. The van der Waals surface area contributed by atoms with Gasteiger partial charge in [-0.2, -0.15) is 15.0 Å². The van der Waals surface area contributed by atoms with Crippen molar-refractivity contribution in [2.75, 3.05) is 16.8 Å². The second-order valence-electron chi connectivity index (χ2n) is 4.47. The van der Waals surface area contributed by atoms with Crippen LogP contribution in [-0.4, -0.2) is 43.7 Å². The van der Waals surface area contributed by atoms with Crippen molar-refractivity contribution in [1.82, 2.24) is 20.0 Å². The average Bonchev–Trinajstić information content (AvgIpc) is 2.76. The van der Waals surface area contributed by atoms with E-state index >= 15 is 0 Å². The minimum absolute atomic E-state index is 0.00513. The zero-order chi connectivity index (χ0) is 17.0. The normalized spacial score (nSPS) is 14.0. The molecule has 1 aromatic heterocycles. The number of nitrogens with two attached hydrogens (primary N) is 2. The van der Waals surface area contributed by atoms with Crippen LogP contribution in [0.5, 0.6) is 0 Å². The molecular weight excluding hydrogens is 310 g/mol. The molecule has 3 amide bonds. The molecule has 2 rings (SSSR count). The number of imide groups is 1. The fourth-order valence-electron chi connectivity index (χ4n) is 1.67. The van der Waals surface area contributed by atoms with Gasteiger partial charge < -0.3 is 16.3 Å². The highest BCUT2D eigenvalue weighted by Crippen LogP contribution is 2.13. The van der Waals surface area contributed by atoms with Gasteiger partial charge in [-0.15, -0.1) is 5.06 Å². The van der Waals surface area contributed by atoms with Gasteiger partial charge in [0.1, 0.15) is 0 Å². The van der Waals surface area contributed by atoms with Gasteiger partial charge in [-0.1, -0.05) is 0 Å². The molecule has 5 N–H and O–H groups in total. The third kappa shape index (κ3) is 4.33. The summed E-state index contributed by atoms with van der Waals surface area (Å²) in [6.07, 6.45) is -0.636. The van der Waals surface area contributed by atoms with Gasteiger partial charge in [-0.05, 0) is 0 Å². The Morgan fingerprint density at radius 2 is 1.61 bits per heavy atom. The fourth-order valence-corrected chi connectivity index (χ4v) is 1.67. The minimum atomic E-state index is -0.890. The van der Waals surface area contributed by atoms with E-state index in [1.54, 1.807) is 0 Å². The highest BCUT2D eigenvalue weighted by molar-refractivity contribution is 6.01. The van der Waals surface area contributed by atoms with Crippen LogP contribution in [-0.2, 0) is 24.0 Å². The number of carbonyl (C=O) groups is 4. The number of nitrogens with zero attached hydrogens (tertiary/aromatic N) is 4. The lowest BCUT2D eigenvalue weighted by molar-refractivity contribution is -0.197. The van der Waals surface area contributed by atoms with Gasteiger partial charge in [-0.25, -0.2) is 4.79 Å². The van der Waals surface area contributed by atoms with Crippen LogP contribution in [0.25, 0.3) is 0 Å². The summed E-state index contributed by atoms with van der Waals surface area (Å²) in [7, 11) is 0. The van der Waals surface area contributed by atoms with E-state index < -0.39 is 23.7 Å². The Labute approximate surface area is 129 Å². The summed E-state index contributed by atoms with van der Waals surface area (Å²) in [6, 6.07) is 0. The van der Waals surface area contributed by atoms with Crippen LogP contribution in [0, 0.1) is 0 Å². The van der Waals surface area contributed by atoms with E-state index in [0.717, 1.165) is 0 Å². The Balaban J connectivity index is 1.81. The topological polar surface area (TPSA) is 183 Å². The predicted octanol–water partition coefficient (Wildman–Crippen LogP) is -1.64. The Kier molecular flexibility index (Phi) is 4.64. The largest absolute Gasteiger partial charge is 0.368 e. The number of nitrogen functional groups attached to an aromatic ring is 2. The van der Waals surface area contributed by atoms with Gasteiger partial charge in [0.05, 0.1) is 6.42 Å². The highest BCUT2D eigenvalue weighted by Gasteiger charge is 2.32. The fraction of sp³-hybridized carbons (Fsp3) is 0.364. The molecule has 0 aromatic carbocycles. The van der Waals surface area contributed by atoms with Crippen molar-refractivity contribution in [3.8, 4) is 0 Å². The summed E-state index contributed by atoms with van der Waals surface area (Å²) in [5.74, 6) is -3.17. The lowest BCUT2D eigenvalue weighted by Gasteiger charge is -2.12. The van der Waals surface area contributed by atoms with Gasteiger partial charge in [0.25, 0.3) is 11.8 Å². The molecule has 0 aliphatic carbocycles. The molecule has 0 atom stereocenters. The quantitative estimate of drug-likeness (QED) is 0.531. The molecule has 0 unspecified atom stereocenters. The summed E-state index contributed by atoms with van der Waals surface area (Å²) < 4.78 is 0. The number of nitrogens with one attached hydrogen (secondary N) is 1. The first-order valence-corrected chi connectivity index (χ1v) is 6.48. The molecule has 1 fully saturated rings. The monoisotopic (exact) mass is 323 g/mol. The van der Waals surface area contributed by atoms with Gasteiger partial charge in [0.2, 0.25) is 23.8 Å². The van der Waals surface area contributed by atoms with Crippen molar-refractivity contribution in [3.05, 3.63) is 0 Å². The summed E-state index contributed by atoms with van der Waals surface area (Å²) in [5.41, 5.74) is 10.7. The first-order valence-electron chi connectivity index (χ1n) is 6.48. The second-order valence-corrected chi connectivity index (χ2v) is 4.47. The number of rotatable bonds is 5. The molecule has 122 valence electrons. The van der Waals surface area contributed by atoms with E-state index in [-0.39, 0.29) is 43.5 Å². The zero-order valence-electron chi connectivity index (χ0n) is 11.8. The Morgan fingerprint density at radius 1 is 1.04 bits per heavy atom. The smallest absolute Gasteiger partial charge is 0.333 e. The molecule has 12 nitrogen and oxygen atoms in total. The van der Waals surface area contributed by atoms with Crippen LogP contribution in [0.4, 0.5) is 17.8 Å². The maximum Gasteiger partial charge on any atom is 0.333 e. The lowest BCUT2D eigenvalue weighted by atomic mass is 10.3. The SMILES string of the molecule is Nc1nc(N)nc(NC(=O)CCC(=O)ON2C(=O)CCC2=O)n1. The van der Waals surface area contributed by atoms with Crippen molar-refractivity contribution in [2.24, 2.45) is 0 Å². The first kappa shape index (κ1) is 16.1. The molecule has 0 bridgehead atoms. The summed E-state index contributed by atoms with van der Waals surface area (Å²) in [4.78, 5) is 61.1. The Morgan fingerprint density at radius 3 is 2.17 bits per heavy atom. The summed E-state index contributed by atoms with van der Waals surface area (Å²) in [6.45, 7) is 0. The van der Waals surface area contributed by atoms with Crippen LogP contribution in [0.15, 0.2) is 0 Å². The van der Waals surface area contributed by atoms with E-state index in [4.69, 9.17) is 11.5 Å². The van der Waals surface area contributed by atoms with Gasteiger partial charge in [-0.3, -0.25) is 19.7 Å². The van der Waals surface area contributed by atoms with Crippen molar-refractivity contribution < 1.29 is 24.0 Å². The van der Waals surface area contributed by atoms with Gasteiger partial charge in [0.15, 0.2) is 0 Å². The molecular formula is C11H13N7O5. The molecule has 2 heterocycles. The summed E-state index contributed by atoms with van der Waals surface area (Å²) >= 11 is 0. The van der Waals surface area contributed by atoms with Gasteiger partial charge >= 0.3 is 5.97 Å². The Bertz CT molecular complexity index is 640. The maximum absolute atomic E-state index is 11.7. The van der Waals surface area contributed by atoms with E-state index in [2.05, 4.69) is 25.1 Å². The van der Waals surface area contributed by atoms with E-state index in [9.17, 15) is 19.2 Å². The third-order valence-corrected chi connectivity index (χ3v) is 2.68. The van der Waals surface area contributed by atoms with Crippen molar-refractivity contribution >= 4 is 41.5 Å². The molecule has 12 heteroatoms. The molecule has 0 radical (unpaired) electrons. The average molecular weight is 323 g/mol. The molecule has 1 saturated heterocycles. The van der Waals surface area contributed by atoms with Crippen LogP contribution < -0.4 is 16.8 Å². The van der Waals surface area contributed by atoms with Crippen molar-refractivity contribution in [3.63, 3.8) is 0 Å². The van der Waals surface area contributed by atoms with Crippen LogP contribution in [0.2, 0.25) is 0 Å². The predicted molar refractivity (Wildman–Crippen MR) is 73.7 cm³/mol. The lowest BCUT2D eigenvalue weighted by Crippen LogP contribution is -2.32. The number of hydrogen-bond donors (Lipinski definition) is 3. The minimum Gasteiger partial charge on any atom is -0.368 e. The number of carbonyl (C=O) groups excluding carboxylic acids is 4. The standard InChI is InChI=1S/C11H13N7O5/c12-9-15-10(13)17-11(16-9)14-5(19)1-4-8(22)23-18-6(20)2-3-7(18)21/h1-4H2,(H5,12,13,14,15,16,17,19). The molecule has 1 aromatic rings. The number of hydrogen-bond acceptors (Lipinski definition) is 10. The number of anilines is 3. The summed E-state index contributed by atoms with van der Waals surface area (Å²) in [5, 5.41) is 2.68. The number of aromatic nitrogens is 3. The first-order chi connectivity index (χ1) is 10.8. The van der Waals surface area contributed by atoms with E-state index in [1.807, 2.05) is 0 Å². The van der Waals surface area contributed by atoms with Crippen molar-refractivity contribution in [2.45, 2.75) is 25.7 Å². The van der Waals surface area contributed by atoms with Crippen LogP contribution in [0.1, 0.15) is 25.7 Å². The van der Waals surface area contributed by atoms with Gasteiger partial charge in [0, 0.05) is 19.3 Å². The molecule has 1 aliphatic rings. The Hall–Kier alpha value is -3.31. The second kappa shape index (κ2) is 6.64. The molecule has 23 heavy (non-hydrogen) atoms. The van der Waals surface area contributed by atoms with Crippen LogP contribution >= 0.6 is 0 Å². The third-order valence-electron chi connectivity index (χ3n) is 2.68. The zero-order valence-corrected chi connectivity index (χ0v) is 11.8. The maximum atomic E-state index is 11.7. The van der Waals surface area contributed by atoms with Crippen LogP contribution in [0.3, 0.4) is 0 Å². The van der Waals surface area contributed by atoms with E-state index in [1.165, 1.54) is 0 Å². The highest BCUT2D eigenvalue weighted by atomic mass is 16.7. The van der Waals surface area contributed by atoms with E-state index in [0.29, 0.717) is 5.06 Å². The molecule has 1 aliphatic heterocycles.